The first-order chi connectivity index (χ1) is 14.5. The van der Waals surface area contributed by atoms with E-state index in [9.17, 15) is 9.46 Å². The van der Waals surface area contributed by atoms with Crippen molar-refractivity contribution in [3.8, 4) is 0 Å². The van der Waals surface area contributed by atoms with Crippen LogP contribution in [0.1, 0.15) is 12.6 Å². The lowest BCUT2D eigenvalue weighted by atomic mass is 10.1. The van der Waals surface area contributed by atoms with E-state index in [-0.39, 0.29) is 24.7 Å². The largest absolute Gasteiger partial charge is 0.431 e. The van der Waals surface area contributed by atoms with Crippen LogP contribution in [-0.2, 0) is 13.8 Å². The van der Waals surface area contributed by atoms with Crippen LogP contribution in [0.2, 0.25) is 0 Å². The van der Waals surface area contributed by atoms with Crippen LogP contribution in [0.25, 0.3) is 21.6 Å². The van der Waals surface area contributed by atoms with Crippen molar-refractivity contribution in [2.75, 3.05) is 17.4 Å². The lowest BCUT2D eigenvalue weighted by Gasteiger charge is -2.19. The Kier molecular flexibility index (Phi) is 5.48. The van der Waals surface area contributed by atoms with E-state index in [0.29, 0.717) is 11.2 Å². The minimum atomic E-state index is -4.22. The number of nitrogens with zero attached hydrogens (tertiary/aromatic N) is 8. The van der Waals surface area contributed by atoms with E-state index in [1.165, 1.54) is 24.9 Å². The van der Waals surface area contributed by atoms with Gasteiger partial charge in [-0.2, -0.15) is 0 Å². The van der Waals surface area contributed by atoms with Gasteiger partial charge in [0, 0.05) is 17.5 Å². The van der Waals surface area contributed by atoms with E-state index in [0.717, 1.165) is 0 Å². The fraction of sp³-hybridized carbons (Fsp3) is 0.333. The van der Waals surface area contributed by atoms with Gasteiger partial charge < -0.3 is 15.4 Å². The predicted molar refractivity (Wildman–Crippen MR) is 105 cm³/mol. The van der Waals surface area contributed by atoms with Gasteiger partial charge in [0.2, 0.25) is 0 Å². The first kappa shape index (κ1) is 20.0. The summed E-state index contributed by atoms with van der Waals surface area (Å²) in [7, 11) is -4.22. The van der Waals surface area contributed by atoms with Gasteiger partial charge in [-0.3, -0.25) is 14.2 Å². The Labute approximate surface area is 169 Å². The second-order valence-electron chi connectivity index (χ2n) is 6.36. The van der Waals surface area contributed by atoms with Gasteiger partial charge in [-0.25, -0.2) is 24.5 Å². The van der Waals surface area contributed by atoms with Crippen LogP contribution >= 0.6 is 7.75 Å². The molecule has 0 amide bonds. The monoisotopic (exact) mass is 432 g/mol. The van der Waals surface area contributed by atoms with E-state index >= 15 is 0 Å². The first-order valence-corrected chi connectivity index (χ1v) is 10.3. The van der Waals surface area contributed by atoms with Crippen LogP contribution in [0.3, 0.4) is 0 Å². The highest BCUT2D eigenvalue weighted by Crippen LogP contribution is 2.43. The molecule has 4 heterocycles. The van der Waals surface area contributed by atoms with E-state index in [2.05, 4.69) is 35.0 Å². The molecule has 0 saturated carbocycles. The molecule has 1 aliphatic heterocycles. The Morgan fingerprint density at radius 3 is 3.07 bits per heavy atom. The topological polar surface area (TPSA) is 199 Å². The summed E-state index contributed by atoms with van der Waals surface area (Å²) in [5.41, 5.74) is 15.6. The number of nitrogens with one attached hydrogen (secondary N) is 1. The second-order valence-corrected chi connectivity index (χ2v) is 7.89. The summed E-state index contributed by atoms with van der Waals surface area (Å²) >= 11 is 0. The molecule has 0 aromatic carbocycles. The van der Waals surface area contributed by atoms with E-state index in [1.807, 2.05) is 0 Å². The third-order valence-corrected chi connectivity index (χ3v) is 5.45. The van der Waals surface area contributed by atoms with Crippen molar-refractivity contribution >= 4 is 30.5 Å². The Bertz CT molecular complexity index is 1130. The number of fused-ring (bicyclic) bond motifs is 1. The van der Waals surface area contributed by atoms with Gasteiger partial charge in [0.1, 0.15) is 23.9 Å². The fourth-order valence-electron chi connectivity index (χ4n) is 3.08. The summed E-state index contributed by atoms with van der Waals surface area (Å²) in [6.07, 6.45) is 3.20. The first-order valence-electron chi connectivity index (χ1n) is 8.76. The zero-order chi connectivity index (χ0) is 21.1. The zero-order valence-corrected chi connectivity index (χ0v) is 16.3. The molecule has 156 valence electrons. The van der Waals surface area contributed by atoms with Crippen molar-refractivity contribution in [1.29, 1.82) is 0 Å². The molecule has 0 aliphatic carbocycles. The molecule has 3 aromatic heterocycles. The summed E-state index contributed by atoms with van der Waals surface area (Å²) in [6.45, 7) is -0.294. The molecule has 0 bridgehead atoms. The maximum Gasteiger partial charge on any atom is 0.431 e. The van der Waals surface area contributed by atoms with Gasteiger partial charge >= 0.3 is 7.75 Å². The molecule has 1 unspecified atom stereocenters. The third-order valence-electron chi connectivity index (χ3n) is 4.44. The van der Waals surface area contributed by atoms with Gasteiger partial charge in [0.05, 0.1) is 25.1 Å². The van der Waals surface area contributed by atoms with Crippen LogP contribution in [0, 0.1) is 0 Å². The maximum atomic E-state index is 12.3. The number of nitrogens with two attached hydrogens (primary N) is 1. The van der Waals surface area contributed by atoms with Crippen LogP contribution in [-0.4, -0.2) is 48.1 Å². The number of rotatable bonds is 7. The number of aromatic nitrogens is 5. The van der Waals surface area contributed by atoms with Gasteiger partial charge in [0.25, 0.3) is 0 Å². The number of imidazole rings is 1. The molecule has 1 saturated heterocycles. The van der Waals surface area contributed by atoms with E-state index < -0.39 is 26.1 Å². The van der Waals surface area contributed by atoms with Gasteiger partial charge in [0.15, 0.2) is 11.5 Å². The highest BCUT2D eigenvalue weighted by Gasteiger charge is 2.38. The molecular formula is C15H17N10O4P. The molecule has 14 nitrogen and oxygen atoms in total. The van der Waals surface area contributed by atoms with Gasteiger partial charge in [-0.15, -0.1) is 0 Å². The summed E-state index contributed by atoms with van der Waals surface area (Å²) in [5, 5.41) is 6.06. The minimum absolute atomic E-state index is 0.183. The number of ether oxygens (including phenoxy) is 1. The Morgan fingerprint density at radius 2 is 2.30 bits per heavy atom. The highest BCUT2D eigenvalue weighted by atomic mass is 31.2. The van der Waals surface area contributed by atoms with Crippen molar-refractivity contribution in [2.45, 2.75) is 24.8 Å². The van der Waals surface area contributed by atoms with Crippen LogP contribution in [0.5, 0.6) is 0 Å². The lowest BCUT2D eigenvalue weighted by molar-refractivity contribution is -0.0197. The number of azide groups is 1. The maximum absolute atomic E-state index is 12.3. The average Bonchev–Trinajstić information content (AvgIpc) is 3.32. The molecule has 1 fully saturated rings. The number of anilines is 2. The second kappa shape index (κ2) is 8.22. The number of pyridine rings is 1. The summed E-state index contributed by atoms with van der Waals surface area (Å²) in [4.78, 5) is 29.0. The Balaban J connectivity index is 1.48. The molecule has 4 N–H and O–H groups in total. The quantitative estimate of drug-likeness (QED) is 0.215. The van der Waals surface area contributed by atoms with Crippen LogP contribution in [0.4, 0.5) is 11.6 Å². The van der Waals surface area contributed by atoms with Crippen molar-refractivity contribution in [1.82, 2.24) is 24.5 Å². The van der Waals surface area contributed by atoms with Crippen molar-refractivity contribution in [3.63, 3.8) is 0 Å². The van der Waals surface area contributed by atoms with Crippen LogP contribution in [0.15, 0.2) is 42.2 Å². The molecule has 0 radical (unpaired) electrons. The fourth-order valence-corrected chi connectivity index (χ4v) is 3.92. The third kappa shape index (κ3) is 4.17. The van der Waals surface area contributed by atoms with Crippen LogP contribution < -0.4 is 10.8 Å². The van der Waals surface area contributed by atoms with E-state index in [4.69, 9.17) is 20.5 Å². The molecule has 15 heteroatoms. The molecule has 3 aromatic rings. The normalized spacial score (nSPS) is 23.0. The molecular weight excluding hydrogens is 415 g/mol. The van der Waals surface area contributed by atoms with Crippen molar-refractivity contribution < 1.29 is 18.7 Å². The highest BCUT2D eigenvalue weighted by molar-refractivity contribution is 7.54. The SMILES string of the molecule is [N-]=[N+]=N[C@H]1C[C@H](n2cnc3c(N)ncnc32)O[C@@H]1COP(=O)(O)Nc1ccccn1. The zero-order valence-electron chi connectivity index (χ0n) is 15.4. The van der Waals surface area contributed by atoms with Crippen molar-refractivity contribution in [3.05, 3.63) is 47.5 Å². The summed E-state index contributed by atoms with van der Waals surface area (Å²) in [6, 6.07) is 4.22. The standard InChI is InChI=1S/C15H17N10O4P/c16-14-13-15(20-7-19-14)25(8-21-13)12-5-9(22-24-17)10(29-12)6-28-30(26,27)23-11-3-1-2-4-18-11/h1-4,7-10,12H,5-6H2,(H2,16,19,20)(H2,18,23,26,27)/t9-,10+,12+/m0/s1. The smallest absolute Gasteiger partial charge is 0.382 e. The number of hydrogen-bond acceptors (Lipinski definition) is 9. The molecule has 0 spiro atoms. The van der Waals surface area contributed by atoms with Gasteiger partial charge in [-0.1, -0.05) is 11.2 Å². The number of nitrogen functional groups attached to an aromatic ring is 1. The summed E-state index contributed by atoms with van der Waals surface area (Å²) in [5.74, 6) is 0.410. The predicted octanol–water partition coefficient (Wildman–Crippen LogP) is 2.00. The molecule has 30 heavy (non-hydrogen) atoms. The van der Waals surface area contributed by atoms with Gasteiger partial charge in [-0.05, 0) is 17.7 Å². The average molecular weight is 432 g/mol. The number of hydrogen-bond donors (Lipinski definition) is 3. The van der Waals surface area contributed by atoms with E-state index in [1.54, 1.807) is 16.7 Å². The molecule has 4 atom stereocenters. The Hall–Kier alpha value is -3.28. The Morgan fingerprint density at radius 1 is 1.43 bits per heavy atom. The molecule has 1 aliphatic rings. The lowest BCUT2D eigenvalue weighted by Crippen LogP contribution is -2.25. The van der Waals surface area contributed by atoms with Crippen molar-refractivity contribution in [2.24, 2.45) is 5.11 Å². The molecule has 4 rings (SSSR count). The summed E-state index contributed by atoms with van der Waals surface area (Å²) < 4.78 is 25.0. The minimum Gasteiger partial charge on any atom is -0.382 e.